The van der Waals surface area contributed by atoms with Crippen LogP contribution in [0.1, 0.15) is 18.9 Å². The van der Waals surface area contributed by atoms with E-state index in [0.717, 1.165) is 11.0 Å². The Morgan fingerprint density at radius 3 is 2.93 bits per heavy atom. The summed E-state index contributed by atoms with van der Waals surface area (Å²) in [5, 5.41) is 1.31. The molecule has 0 aromatic carbocycles. The van der Waals surface area contributed by atoms with Gasteiger partial charge in [0, 0.05) is 25.1 Å². The third-order valence-corrected chi connectivity index (χ3v) is 3.08. The lowest BCUT2D eigenvalue weighted by atomic mass is 9.91. The van der Waals surface area contributed by atoms with Gasteiger partial charge >= 0.3 is 0 Å². The van der Waals surface area contributed by atoms with Crippen LogP contribution in [0.25, 0.3) is 11.0 Å². The summed E-state index contributed by atoms with van der Waals surface area (Å²) >= 11 is 5.93. The Hall–Kier alpha value is -1.42. The molecule has 0 saturated heterocycles. The maximum atomic E-state index is 10.9. The molecular weight excluding hydrogens is 214 g/mol. The summed E-state index contributed by atoms with van der Waals surface area (Å²) in [4.78, 5) is 19.0. The second-order valence-electron chi connectivity index (χ2n) is 3.73. The van der Waals surface area contributed by atoms with Crippen LogP contribution in [0.15, 0.2) is 18.6 Å². The molecule has 1 aliphatic rings. The fourth-order valence-corrected chi connectivity index (χ4v) is 2.09. The van der Waals surface area contributed by atoms with Crippen molar-refractivity contribution in [1.29, 1.82) is 0 Å². The van der Waals surface area contributed by atoms with Crippen LogP contribution >= 0.6 is 11.6 Å². The van der Waals surface area contributed by atoms with Gasteiger partial charge in [0.05, 0.1) is 5.39 Å². The van der Waals surface area contributed by atoms with Gasteiger partial charge in [-0.25, -0.2) is 9.97 Å². The van der Waals surface area contributed by atoms with Crippen LogP contribution < -0.4 is 0 Å². The molecule has 4 nitrogen and oxygen atoms in total. The van der Waals surface area contributed by atoms with Crippen LogP contribution in [-0.4, -0.2) is 20.3 Å². The maximum Gasteiger partial charge on any atom is 0.145 e. The average molecular weight is 222 g/mol. The number of hydrogen-bond donors (Lipinski definition) is 0. The number of Topliss-reactive ketones (excluding diaryl/α,β-unsaturated/α-hetero) is 1. The Balaban J connectivity index is 2.12. The Morgan fingerprint density at radius 2 is 2.20 bits per heavy atom. The summed E-state index contributed by atoms with van der Waals surface area (Å²) < 4.78 is 2.00. The Bertz CT molecular complexity index is 541. The largest absolute Gasteiger partial charge is 0.328 e. The van der Waals surface area contributed by atoms with Gasteiger partial charge in [-0.3, -0.25) is 4.79 Å². The zero-order valence-electron chi connectivity index (χ0n) is 7.85. The first-order valence-electron chi connectivity index (χ1n) is 4.74. The molecule has 0 amide bonds. The van der Waals surface area contributed by atoms with Crippen LogP contribution in [0, 0.1) is 0 Å². The Kier molecular flexibility index (Phi) is 1.79. The summed E-state index contributed by atoms with van der Waals surface area (Å²) in [5.74, 6) is 0.307. The molecule has 0 radical (unpaired) electrons. The van der Waals surface area contributed by atoms with Gasteiger partial charge in [-0.05, 0) is 6.07 Å². The summed E-state index contributed by atoms with van der Waals surface area (Å²) in [6.45, 7) is 0. The van der Waals surface area contributed by atoms with Gasteiger partial charge in [-0.2, -0.15) is 0 Å². The lowest BCUT2D eigenvalue weighted by Crippen LogP contribution is -2.26. The number of ketones is 1. The highest BCUT2D eigenvalue weighted by atomic mass is 35.5. The summed E-state index contributed by atoms with van der Waals surface area (Å²) in [5.41, 5.74) is 0.813. The highest BCUT2D eigenvalue weighted by Crippen LogP contribution is 2.32. The molecule has 76 valence electrons. The molecular formula is C10H8ClN3O. The molecule has 1 fully saturated rings. The standard InChI is InChI=1S/C10H8ClN3O/c11-9-8-1-2-14(6-3-7(15)4-6)10(8)13-5-12-9/h1-2,5-6H,3-4H2. The Morgan fingerprint density at radius 1 is 1.40 bits per heavy atom. The minimum absolute atomic E-state index is 0.251. The molecule has 0 atom stereocenters. The van der Waals surface area contributed by atoms with E-state index in [0.29, 0.717) is 23.8 Å². The first-order chi connectivity index (χ1) is 7.25. The van der Waals surface area contributed by atoms with Crippen molar-refractivity contribution in [2.75, 3.05) is 0 Å². The molecule has 5 heteroatoms. The van der Waals surface area contributed by atoms with Gasteiger partial charge in [0.15, 0.2) is 0 Å². The van der Waals surface area contributed by atoms with Gasteiger partial charge in [-0.15, -0.1) is 0 Å². The molecule has 1 aliphatic carbocycles. The van der Waals surface area contributed by atoms with E-state index in [-0.39, 0.29) is 6.04 Å². The molecule has 2 aromatic heterocycles. The molecule has 0 N–H and O–H groups in total. The van der Waals surface area contributed by atoms with Crippen molar-refractivity contribution in [3.8, 4) is 0 Å². The van der Waals surface area contributed by atoms with Crippen molar-refractivity contribution >= 4 is 28.4 Å². The second kappa shape index (κ2) is 3.03. The third-order valence-electron chi connectivity index (χ3n) is 2.78. The van der Waals surface area contributed by atoms with Gasteiger partial charge in [0.25, 0.3) is 0 Å². The molecule has 2 aromatic rings. The van der Waals surface area contributed by atoms with E-state index in [1.54, 1.807) is 0 Å². The van der Waals surface area contributed by atoms with Crippen molar-refractivity contribution in [2.45, 2.75) is 18.9 Å². The zero-order valence-corrected chi connectivity index (χ0v) is 8.61. The monoisotopic (exact) mass is 221 g/mol. The highest BCUT2D eigenvalue weighted by molar-refractivity contribution is 6.33. The molecule has 0 aliphatic heterocycles. The number of hydrogen-bond acceptors (Lipinski definition) is 3. The van der Waals surface area contributed by atoms with Crippen molar-refractivity contribution in [3.05, 3.63) is 23.7 Å². The quantitative estimate of drug-likeness (QED) is 0.692. The van der Waals surface area contributed by atoms with Gasteiger partial charge < -0.3 is 4.57 Å². The van der Waals surface area contributed by atoms with E-state index in [1.165, 1.54) is 6.33 Å². The average Bonchev–Trinajstić information content (AvgIpc) is 2.58. The first kappa shape index (κ1) is 8.85. The predicted octanol–water partition coefficient (Wildman–Crippen LogP) is 1.99. The normalized spacial score (nSPS) is 17.0. The van der Waals surface area contributed by atoms with Crippen LogP contribution in [0.4, 0.5) is 0 Å². The number of halogens is 1. The first-order valence-corrected chi connectivity index (χ1v) is 5.12. The molecule has 0 spiro atoms. The molecule has 2 heterocycles. The van der Waals surface area contributed by atoms with Crippen molar-refractivity contribution in [2.24, 2.45) is 0 Å². The van der Waals surface area contributed by atoms with Crippen LogP contribution in [-0.2, 0) is 4.79 Å². The van der Waals surface area contributed by atoms with E-state index >= 15 is 0 Å². The molecule has 0 unspecified atom stereocenters. The van der Waals surface area contributed by atoms with E-state index in [9.17, 15) is 4.79 Å². The molecule has 3 rings (SSSR count). The van der Waals surface area contributed by atoms with E-state index in [4.69, 9.17) is 11.6 Å². The fourth-order valence-electron chi connectivity index (χ4n) is 1.90. The predicted molar refractivity (Wildman–Crippen MR) is 55.8 cm³/mol. The van der Waals surface area contributed by atoms with E-state index in [2.05, 4.69) is 9.97 Å². The van der Waals surface area contributed by atoms with Gasteiger partial charge in [0.1, 0.15) is 22.9 Å². The second-order valence-corrected chi connectivity index (χ2v) is 4.08. The number of carbonyl (C=O) groups excluding carboxylic acids is 1. The number of aromatic nitrogens is 3. The minimum atomic E-state index is 0.251. The minimum Gasteiger partial charge on any atom is -0.328 e. The summed E-state index contributed by atoms with van der Waals surface area (Å²) in [7, 11) is 0. The van der Waals surface area contributed by atoms with Crippen LogP contribution in [0.3, 0.4) is 0 Å². The fraction of sp³-hybridized carbons (Fsp3) is 0.300. The topological polar surface area (TPSA) is 47.8 Å². The van der Waals surface area contributed by atoms with E-state index in [1.807, 2.05) is 16.8 Å². The summed E-state index contributed by atoms with van der Waals surface area (Å²) in [6.07, 6.45) is 4.57. The van der Waals surface area contributed by atoms with Crippen molar-refractivity contribution < 1.29 is 4.79 Å². The van der Waals surface area contributed by atoms with E-state index < -0.39 is 0 Å². The summed E-state index contributed by atoms with van der Waals surface area (Å²) in [6, 6.07) is 2.14. The van der Waals surface area contributed by atoms with Crippen molar-refractivity contribution in [3.63, 3.8) is 0 Å². The molecule has 1 saturated carbocycles. The number of nitrogens with zero attached hydrogens (tertiary/aromatic N) is 3. The van der Waals surface area contributed by atoms with Crippen LogP contribution in [0.5, 0.6) is 0 Å². The SMILES string of the molecule is O=C1CC(n2ccc3c(Cl)ncnc32)C1. The van der Waals surface area contributed by atoms with Gasteiger partial charge in [0.2, 0.25) is 0 Å². The van der Waals surface area contributed by atoms with Crippen LogP contribution in [0.2, 0.25) is 5.15 Å². The molecule has 15 heavy (non-hydrogen) atoms. The number of carbonyl (C=O) groups is 1. The Labute approximate surface area is 90.9 Å². The number of fused-ring (bicyclic) bond motifs is 1. The lowest BCUT2D eigenvalue weighted by Gasteiger charge is -2.26. The highest BCUT2D eigenvalue weighted by Gasteiger charge is 2.29. The smallest absolute Gasteiger partial charge is 0.145 e. The lowest BCUT2D eigenvalue weighted by molar-refractivity contribution is -0.126. The van der Waals surface area contributed by atoms with Gasteiger partial charge in [-0.1, -0.05) is 11.6 Å². The number of rotatable bonds is 1. The maximum absolute atomic E-state index is 10.9. The third kappa shape index (κ3) is 1.25. The van der Waals surface area contributed by atoms with Crippen molar-refractivity contribution in [1.82, 2.24) is 14.5 Å². The zero-order chi connectivity index (χ0) is 10.4. The molecule has 0 bridgehead atoms.